The molecule has 0 aliphatic carbocycles. The first-order valence-electron chi connectivity index (χ1n) is 7.05. The molecule has 1 fully saturated rings. The molecule has 1 aromatic rings. The average Bonchev–Trinajstić information content (AvgIpc) is 2.48. The smallest absolute Gasteiger partial charge is 0.287 e. The normalized spacial score (nSPS) is 17.7. The quantitative estimate of drug-likeness (QED) is 0.770. The number of nitrogens with zero attached hydrogens (tertiary/aromatic N) is 3. The molecule has 7 nitrogen and oxygen atoms in total. The summed E-state index contributed by atoms with van der Waals surface area (Å²) in [6, 6.07) is 0.135. The molecule has 1 unspecified atom stereocenters. The molecule has 0 spiro atoms. The fourth-order valence-corrected chi connectivity index (χ4v) is 2.50. The van der Waals surface area contributed by atoms with Crippen molar-refractivity contribution >= 4 is 17.3 Å². The van der Waals surface area contributed by atoms with Crippen molar-refractivity contribution in [3.8, 4) is 0 Å². The van der Waals surface area contributed by atoms with Gasteiger partial charge in [0.25, 0.3) is 5.56 Å². The standard InChI is InChI=1S/C13H21ClN4O3/c1-10(9-17-3-6-21-7-4-17)16-11-8-15-18(2-5-19)13(20)12(11)14/h8,10,16,19H,2-7,9H2,1H3. The summed E-state index contributed by atoms with van der Waals surface area (Å²) in [4.78, 5) is 14.2. The van der Waals surface area contributed by atoms with Crippen molar-refractivity contribution in [3.05, 3.63) is 21.6 Å². The Kier molecular flexibility index (Phi) is 5.98. The zero-order valence-electron chi connectivity index (χ0n) is 12.1. The summed E-state index contributed by atoms with van der Waals surface area (Å²) in [6.07, 6.45) is 1.52. The molecule has 0 amide bonds. The minimum Gasteiger partial charge on any atom is -0.394 e. The molecular weight excluding hydrogens is 296 g/mol. The number of aromatic nitrogens is 2. The minimum absolute atomic E-state index is 0.104. The van der Waals surface area contributed by atoms with Crippen molar-refractivity contribution in [2.75, 3.05) is 44.8 Å². The molecule has 2 N–H and O–H groups in total. The predicted octanol–water partition coefficient (Wildman–Crippen LogP) is 0.0216. The van der Waals surface area contributed by atoms with Crippen LogP contribution in [0.5, 0.6) is 0 Å². The summed E-state index contributed by atoms with van der Waals surface area (Å²) >= 11 is 6.07. The molecule has 1 aliphatic rings. The number of hydrogen-bond donors (Lipinski definition) is 2. The monoisotopic (exact) mass is 316 g/mol. The van der Waals surface area contributed by atoms with Crippen LogP contribution in [0.25, 0.3) is 0 Å². The van der Waals surface area contributed by atoms with Gasteiger partial charge in [-0.1, -0.05) is 11.6 Å². The summed E-state index contributed by atoms with van der Waals surface area (Å²) in [5.41, 5.74) is 0.130. The molecule has 0 bridgehead atoms. The van der Waals surface area contributed by atoms with Gasteiger partial charge in [-0.3, -0.25) is 9.69 Å². The zero-order chi connectivity index (χ0) is 15.2. The molecule has 2 rings (SSSR count). The highest BCUT2D eigenvalue weighted by atomic mass is 35.5. The number of halogens is 1. The number of anilines is 1. The minimum atomic E-state index is -0.394. The Morgan fingerprint density at radius 1 is 1.52 bits per heavy atom. The first-order chi connectivity index (χ1) is 10.1. The van der Waals surface area contributed by atoms with Gasteiger partial charge in [-0.05, 0) is 6.92 Å². The molecule has 21 heavy (non-hydrogen) atoms. The SMILES string of the molecule is CC(CN1CCOCC1)Nc1cnn(CCO)c(=O)c1Cl. The van der Waals surface area contributed by atoms with E-state index in [9.17, 15) is 4.79 Å². The van der Waals surface area contributed by atoms with Gasteiger partial charge < -0.3 is 15.2 Å². The van der Waals surface area contributed by atoms with Crippen LogP contribution >= 0.6 is 11.6 Å². The molecular formula is C13H21ClN4O3. The second-order valence-corrected chi connectivity index (χ2v) is 5.46. The number of aliphatic hydroxyl groups is 1. The van der Waals surface area contributed by atoms with Gasteiger partial charge in [0, 0.05) is 25.7 Å². The van der Waals surface area contributed by atoms with E-state index >= 15 is 0 Å². The number of hydrogen-bond acceptors (Lipinski definition) is 6. The molecule has 118 valence electrons. The van der Waals surface area contributed by atoms with E-state index in [4.69, 9.17) is 21.4 Å². The lowest BCUT2D eigenvalue weighted by Gasteiger charge is -2.29. The Balaban J connectivity index is 1.98. The van der Waals surface area contributed by atoms with Gasteiger partial charge in [0.2, 0.25) is 0 Å². The van der Waals surface area contributed by atoms with Crippen molar-refractivity contribution in [2.24, 2.45) is 0 Å². The van der Waals surface area contributed by atoms with E-state index in [1.807, 2.05) is 6.92 Å². The van der Waals surface area contributed by atoms with Crippen LogP contribution in [0.15, 0.2) is 11.0 Å². The van der Waals surface area contributed by atoms with Crippen LogP contribution in [-0.2, 0) is 11.3 Å². The molecule has 1 aromatic heterocycles. The highest BCUT2D eigenvalue weighted by Crippen LogP contribution is 2.16. The lowest BCUT2D eigenvalue weighted by molar-refractivity contribution is 0.0368. The second-order valence-electron chi connectivity index (χ2n) is 5.08. The number of morpholine rings is 1. The van der Waals surface area contributed by atoms with E-state index in [-0.39, 0.29) is 24.2 Å². The van der Waals surface area contributed by atoms with Crippen molar-refractivity contribution in [1.29, 1.82) is 0 Å². The van der Waals surface area contributed by atoms with E-state index < -0.39 is 5.56 Å². The number of nitrogens with one attached hydrogen (secondary N) is 1. The third-order valence-electron chi connectivity index (χ3n) is 3.33. The highest BCUT2D eigenvalue weighted by Gasteiger charge is 2.16. The fraction of sp³-hybridized carbons (Fsp3) is 0.692. The number of ether oxygens (including phenoxy) is 1. The van der Waals surface area contributed by atoms with Crippen molar-refractivity contribution in [3.63, 3.8) is 0 Å². The maximum absolute atomic E-state index is 11.9. The zero-order valence-corrected chi connectivity index (χ0v) is 12.8. The van der Waals surface area contributed by atoms with E-state index in [1.165, 1.54) is 6.20 Å². The van der Waals surface area contributed by atoms with Crippen molar-refractivity contribution in [2.45, 2.75) is 19.5 Å². The summed E-state index contributed by atoms with van der Waals surface area (Å²) < 4.78 is 6.47. The third kappa shape index (κ3) is 4.41. The lowest BCUT2D eigenvalue weighted by atomic mass is 10.2. The molecule has 0 saturated carbocycles. The molecule has 2 heterocycles. The van der Waals surface area contributed by atoms with E-state index in [2.05, 4.69) is 15.3 Å². The van der Waals surface area contributed by atoms with Crippen LogP contribution in [0.1, 0.15) is 6.92 Å². The van der Waals surface area contributed by atoms with Crippen LogP contribution in [0, 0.1) is 0 Å². The predicted molar refractivity (Wildman–Crippen MR) is 80.9 cm³/mol. The van der Waals surface area contributed by atoms with Crippen LogP contribution in [0.4, 0.5) is 5.69 Å². The largest absolute Gasteiger partial charge is 0.394 e. The Bertz CT molecular complexity index is 517. The molecule has 0 aromatic carbocycles. The Morgan fingerprint density at radius 2 is 2.24 bits per heavy atom. The van der Waals surface area contributed by atoms with Crippen LogP contribution in [0.3, 0.4) is 0 Å². The summed E-state index contributed by atoms with van der Waals surface area (Å²) in [7, 11) is 0. The Hall–Kier alpha value is -1.15. The van der Waals surface area contributed by atoms with Gasteiger partial charge >= 0.3 is 0 Å². The first-order valence-corrected chi connectivity index (χ1v) is 7.42. The van der Waals surface area contributed by atoms with Crippen molar-refractivity contribution in [1.82, 2.24) is 14.7 Å². The van der Waals surface area contributed by atoms with Gasteiger partial charge in [0.1, 0.15) is 5.02 Å². The summed E-state index contributed by atoms with van der Waals surface area (Å²) in [6.45, 7) is 6.21. The molecule has 8 heteroatoms. The molecule has 1 aliphatic heterocycles. The third-order valence-corrected chi connectivity index (χ3v) is 3.70. The highest BCUT2D eigenvalue weighted by molar-refractivity contribution is 6.32. The number of rotatable bonds is 6. The Morgan fingerprint density at radius 3 is 2.90 bits per heavy atom. The van der Waals surface area contributed by atoms with E-state index in [0.717, 1.165) is 37.5 Å². The van der Waals surface area contributed by atoms with Gasteiger partial charge in [0.15, 0.2) is 0 Å². The molecule has 0 radical (unpaired) electrons. The van der Waals surface area contributed by atoms with E-state index in [0.29, 0.717) is 5.69 Å². The lowest BCUT2D eigenvalue weighted by Crippen LogP contribution is -2.42. The topological polar surface area (TPSA) is 79.6 Å². The van der Waals surface area contributed by atoms with Crippen LogP contribution in [0.2, 0.25) is 5.02 Å². The molecule has 1 atom stereocenters. The maximum atomic E-state index is 11.9. The molecule has 1 saturated heterocycles. The number of aliphatic hydroxyl groups excluding tert-OH is 1. The van der Waals surface area contributed by atoms with Crippen molar-refractivity contribution < 1.29 is 9.84 Å². The average molecular weight is 317 g/mol. The first kappa shape index (κ1) is 16.2. The van der Waals surface area contributed by atoms with Gasteiger partial charge in [-0.2, -0.15) is 5.10 Å². The summed E-state index contributed by atoms with van der Waals surface area (Å²) in [5.74, 6) is 0. The van der Waals surface area contributed by atoms with Crippen LogP contribution in [-0.4, -0.2) is 65.3 Å². The Labute approximate surface area is 128 Å². The van der Waals surface area contributed by atoms with E-state index in [1.54, 1.807) is 0 Å². The van der Waals surface area contributed by atoms with Gasteiger partial charge in [0.05, 0.1) is 38.2 Å². The van der Waals surface area contributed by atoms with Gasteiger partial charge in [-0.25, -0.2) is 4.68 Å². The maximum Gasteiger partial charge on any atom is 0.287 e. The fourth-order valence-electron chi connectivity index (χ4n) is 2.30. The van der Waals surface area contributed by atoms with Gasteiger partial charge in [-0.15, -0.1) is 0 Å². The summed E-state index contributed by atoms with van der Waals surface area (Å²) in [5, 5.41) is 16.2. The second kappa shape index (κ2) is 7.74. The van der Waals surface area contributed by atoms with Crippen LogP contribution < -0.4 is 10.9 Å².